The molecule has 1 heterocycles. The number of ether oxygens (including phenoxy) is 2. The van der Waals surface area contributed by atoms with Gasteiger partial charge in [0.15, 0.2) is 5.75 Å². The van der Waals surface area contributed by atoms with Gasteiger partial charge in [0, 0.05) is 17.6 Å². The predicted octanol–water partition coefficient (Wildman–Crippen LogP) is 4.21. The molecule has 1 unspecified atom stereocenters. The van der Waals surface area contributed by atoms with Gasteiger partial charge in [0.05, 0.1) is 19.2 Å². The Morgan fingerprint density at radius 3 is 2.60 bits per heavy atom. The van der Waals surface area contributed by atoms with Crippen LogP contribution in [0, 0.1) is 5.92 Å². The van der Waals surface area contributed by atoms with Crippen LogP contribution in [0.3, 0.4) is 0 Å². The van der Waals surface area contributed by atoms with E-state index < -0.39 is 0 Å². The fraction of sp³-hybridized carbons (Fsp3) is 0.550. The van der Waals surface area contributed by atoms with Gasteiger partial charge in [-0.25, -0.2) is 0 Å². The summed E-state index contributed by atoms with van der Waals surface area (Å²) in [4.78, 5) is 13.1. The van der Waals surface area contributed by atoms with Crippen molar-refractivity contribution in [2.24, 2.45) is 5.92 Å². The molecule has 5 heteroatoms. The zero-order chi connectivity index (χ0) is 18.4. The van der Waals surface area contributed by atoms with Gasteiger partial charge in [-0.15, -0.1) is 0 Å². The number of benzene rings is 1. The number of aromatic nitrogens is 1. The van der Waals surface area contributed by atoms with Crippen LogP contribution < -0.4 is 20.8 Å². The zero-order valence-corrected chi connectivity index (χ0v) is 15.8. The van der Waals surface area contributed by atoms with Gasteiger partial charge in [-0.1, -0.05) is 33.6 Å². The lowest BCUT2D eigenvalue weighted by molar-refractivity contribution is 0.236. The third-order valence-corrected chi connectivity index (χ3v) is 4.44. The van der Waals surface area contributed by atoms with E-state index in [1.807, 2.05) is 18.2 Å². The Hall–Kier alpha value is -2.17. The third-order valence-electron chi connectivity index (χ3n) is 4.44. The van der Waals surface area contributed by atoms with E-state index in [0.717, 1.165) is 36.6 Å². The molecular weight excluding hydrogens is 316 g/mol. The lowest BCUT2D eigenvalue weighted by Crippen LogP contribution is -2.25. The van der Waals surface area contributed by atoms with Crippen molar-refractivity contribution in [3.8, 4) is 11.5 Å². The second kappa shape index (κ2) is 8.79. The molecule has 138 valence electrons. The average Bonchev–Trinajstić information content (AvgIpc) is 2.59. The second-order valence-corrected chi connectivity index (χ2v) is 6.65. The molecule has 2 rings (SSSR count). The first-order chi connectivity index (χ1) is 12.0. The van der Waals surface area contributed by atoms with E-state index in [0.29, 0.717) is 36.3 Å². The Balaban J connectivity index is 2.57. The number of hydrogen-bond donors (Lipinski definition) is 1. The smallest absolute Gasteiger partial charge is 0.297 e. The highest BCUT2D eigenvalue weighted by atomic mass is 16.5. The lowest BCUT2D eigenvalue weighted by Gasteiger charge is -2.19. The summed E-state index contributed by atoms with van der Waals surface area (Å²) in [5.74, 6) is 1.19. The summed E-state index contributed by atoms with van der Waals surface area (Å²) in [6.07, 6.45) is 4.09. The van der Waals surface area contributed by atoms with Crippen molar-refractivity contribution >= 4 is 16.6 Å². The van der Waals surface area contributed by atoms with Crippen LogP contribution in [0.4, 0.5) is 5.69 Å². The Morgan fingerprint density at radius 2 is 1.96 bits per heavy atom. The Kier molecular flexibility index (Phi) is 6.73. The van der Waals surface area contributed by atoms with Crippen molar-refractivity contribution in [2.75, 3.05) is 19.5 Å². The molecule has 1 atom stereocenters. The number of methoxy groups -OCH3 is 1. The molecule has 25 heavy (non-hydrogen) atoms. The number of nitrogen functional groups attached to an aromatic ring is 1. The third kappa shape index (κ3) is 4.27. The maximum absolute atomic E-state index is 13.1. The van der Waals surface area contributed by atoms with Crippen LogP contribution in [0.25, 0.3) is 10.9 Å². The van der Waals surface area contributed by atoms with Gasteiger partial charge in [0.1, 0.15) is 0 Å². The predicted molar refractivity (Wildman–Crippen MR) is 104 cm³/mol. The van der Waals surface area contributed by atoms with E-state index in [4.69, 9.17) is 15.2 Å². The Bertz CT molecular complexity index is 768. The van der Waals surface area contributed by atoms with Crippen LogP contribution in [0.15, 0.2) is 23.0 Å². The molecule has 2 N–H and O–H groups in total. The van der Waals surface area contributed by atoms with Gasteiger partial charge in [0.25, 0.3) is 5.56 Å². The fourth-order valence-electron chi connectivity index (χ4n) is 3.09. The van der Waals surface area contributed by atoms with Crippen LogP contribution in [0.1, 0.15) is 46.5 Å². The summed E-state index contributed by atoms with van der Waals surface area (Å²) in [6, 6.07) is 5.55. The van der Waals surface area contributed by atoms with Crippen molar-refractivity contribution in [2.45, 2.75) is 53.0 Å². The molecule has 0 radical (unpaired) electrons. The largest absolute Gasteiger partial charge is 0.492 e. The van der Waals surface area contributed by atoms with Crippen LogP contribution in [0.2, 0.25) is 0 Å². The first kappa shape index (κ1) is 19.2. The SMILES string of the molecule is CCCCn1c(=O)c(OCC(C)CCC)c(OC)c2ccc(N)cc21. The van der Waals surface area contributed by atoms with E-state index >= 15 is 0 Å². The highest BCUT2D eigenvalue weighted by Gasteiger charge is 2.19. The standard InChI is InChI=1S/C20H30N2O3/c1-5-7-11-22-17-12-15(21)9-10-16(17)18(24-4)19(20(22)23)25-13-14(3)8-6-2/h9-10,12,14H,5-8,11,13,21H2,1-4H3. The van der Waals surface area contributed by atoms with Gasteiger partial charge >= 0.3 is 0 Å². The fourth-order valence-corrected chi connectivity index (χ4v) is 3.09. The normalized spacial score (nSPS) is 12.3. The van der Waals surface area contributed by atoms with Crippen LogP contribution in [-0.4, -0.2) is 18.3 Å². The van der Waals surface area contributed by atoms with Gasteiger partial charge in [-0.05, 0) is 37.0 Å². The average molecular weight is 346 g/mol. The molecule has 2 aromatic rings. The van der Waals surface area contributed by atoms with Crippen LogP contribution in [-0.2, 0) is 6.54 Å². The van der Waals surface area contributed by atoms with Crippen LogP contribution >= 0.6 is 0 Å². The minimum atomic E-state index is -0.146. The summed E-state index contributed by atoms with van der Waals surface area (Å²) < 4.78 is 13.3. The molecule has 5 nitrogen and oxygen atoms in total. The number of anilines is 1. The summed E-state index contributed by atoms with van der Waals surface area (Å²) >= 11 is 0. The summed E-state index contributed by atoms with van der Waals surface area (Å²) in [7, 11) is 1.57. The number of pyridine rings is 1. The second-order valence-electron chi connectivity index (χ2n) is 6.65. The van der Waals surface area contributed by atoms with Crippen molar-refractivity contribution in [1.29, 1.82) is 0 Å². The molecule has 0 aliphatic heterocycles. The molecule has 0 fully saturated rings. The van der Waals surface area contributed by atoms with Gasteiger partial charge in [0.2, 0.25) is 5.75 Å². The number of rotatable bonds is 9. The van der Waals surface area contributed by atoms with Gasteiger partial charge < -0.3 is 19.8 Å². The molecule has 0 saturated carbocycles. The van der Waals surface area contributed by atoms with Crippen LogP contribution in [0.5, 0.6) is 11.5 Å². The topological polar surface area (TPSA) is 66.5 Å². The maximum atomic E-state index is 13.1. The number of nitrogens with two attached hydrogens (primary N) is 1. The quantitative estimate of drug-likeness (QED) is 0.691. The van der Waals surface area contributed by atoms with Crippen molar-refractivity contribution in [1.82, 2.24) is 4.57 Å². The molecule has 0 aliphatic carbocycles. The van der Waals surface area contributed by atoms with Crippen molar-refractivity contribution in [3.63, 3.8) is 0 Å². The van der Waals surface area contributed by atoms with E-state index in [-0.39, 0.29) is 5.56 Å². The number of hydrogen-bond acceptors (Lipinski definition) is 4. The maximum Gasteiger partial charge on any atom is 0.297 e. The number of fused-ring (bicyclic) bond motifs is 1. The molecule has 0 bridgehead atoms. The summed E-state index contributed by atoms with van der Waals surface area (Å²) in [5.41, 5.74) is 7.22. The molecule has 0 saturated heterocycles. The minimum absolute atomic E-state index is 0.146. The molecule has 1 aromatic carbocycles. The number of unbranched alkanes of at least 4 members (excludes halogenated alkanes) is 1. The molecule has 0 aliphatic rings. The van der Waals surface area contributed by atoms with Gasteiger partial charge in [-0.3, -0.25) is 4.79 Å². The Morgan fingerprint density at radius 1 is 1.20 bits per heavy atom. The highest BCUT2D eigenvalue weighted by Crippen LogP contribution is 2.34. The Labute approximate surface area is 149 Å². The van der Waals surface area contributed by atoms with Crippen molar-refractivity contribution < 1.29 is 9.47 Å². The first-order valence-electron chi connectivity index (χ1n) is 9.16. The minimum Gasteiger partial charge on any atom is -0.492 e. The zero-order valence-electron chi connectivity index (χ0n) is 15.8. The molecular formula is C20H30N2O3. The summed E-state index contributed by atoms with van der Waals surface area (Å²) in [5, 5.41) is 0.852. The number of aryl methyl sites for hydroxylation is 1. The van der Waals surface area contributed by atoms with E-state index in [1.165, 1.54) is 0 Å². The molecule has 0 spiro atoms. The monoisotopic (exact) mass is 346 g/mol. The highest BCUT2D eigenvalue weighted by molar-refractivity contribution is 5.90. The van der Waals surface area contributed by atoms with E-state index in [9.17, 15) is 4.79 Å². The molecule has 0 amide bonds. The summed E-state index contributed by atoms with van der Waals surface area (Å²) in [6.45, 7) is 7.53. The lowest BCUT2D eigenvalue weighted by atomic mass is 10.1. The van der Waals surface area contributed by atoms with E-state index in [2.05, 4.69) is 20.8 Å². The molecule has 1 aromatic heterocycles. The van der Waals surface area contributed by atoms with Gasteiger partial charge in [-0.2, -0.15) is 0 Å². The van der Waals surface area contributed by atoms with Crippen molar-refractivity contribution in [3.05, 3.63) is 28.6 Å². The number of nitrogens with zero attached hydrogens (tertiary/aromatic N) is 1. The first-order valence-corrected chi connectivity index (χ1v) is 9.16. The van der Waals surface area contributed by atoms with E-state index in [1.54, 1.807) is 11.7 Å².